The molecule has 1 saturated heterocycles. The van der Waals surface area contributed by atoms with Gasteiger partial charge in [-0.1, -0.05) is 13.8 Å². The summed E-state index contributed by atoms with van der Waals surface area (Å²) in [7, 11) is 0. The van der Waals surface area contributed by atoms with Gasteiger partial charge in [-0.05, 0) is 43.9 Å². The Bertz CT molecular complexity index is 179. The molecule has 2 aliphatic rings. The summed E-state index contributed by atoms with van der Waals surface area (Å²) in [5.41, 5.74) is 0. The van der Waals surface area contributed by atoms with Crippen molar-refractivity contribution in [2.24, 2.45) is 11.8 Å². The molecule has 2 fully saturated rings. The molecule has 0 amide bonds. The lowest BCUT2D eigenvalue weighted by atomic mass is 9.80. The molecule has 0 unspecified atom stereocenters. The Morgan fingerprint density at radius 3 is 2.47 bits per heavy atom. The van der Waals surface area contributed by atoms with E-state index in [-0.39, 0.29) is 0 Å². The number of ether oxygens (including phenoxy) is 1. The molecular weight excluding hydrogens is 186 g/mol. The third-order valence-corrected chi connectivity index (χ3v) is 3.84. The molecular formula is C13H25NO. The van der Waals surface area contributed by atoms with Gasteiger partial charge in [0.05, 0.1) is 6.10 Å². The normalized spacial score (nSPS) is 42.0. The highest BCUT2D eigenvalue weighted by Crippen LogP contribution is 2.28. The maximum Gasteiger partial charge on any atom is 0.0700 e. The van der Waals surface area contributed by atoms with E-state index in [2.05, 4.69) is 19.2 Å². The van der Waals surface area contributed by atoms with Gasteiger partial charge in [0.25, 0.3) is 0 Å². The lowest BCUT2D eigenvalue weighted by molar-refractivity contribution is 0.102. The molecule has 0 spiro atoms. The molecule has 1 saturated carbocycles. The van der Waals surface area contributed by atoms with E-state index >= 15 is 0 Å². The van der Waals surface area contributed by atoms with Crippen LogP contribution in [-0.4, -0.2) is 25.3 Å². The molecule has 0 aromatic heterocycles. The van der Waals surface area contributed by atoms with Crippen molar-refractivity contribution in [3.63, 3.8) is 0 Å². The molecule has 0 aromatic carbocycles. The number of nitrogens with one attached hydrogen (secondary N) is 1. The Morgan fingerprint density at radius 2 is 1.87 bits per heavy atom. The standard InChI is InChI=1S/C13H25NO/c1-10-6-11(2)8-12(7-10)14-9-13-4-3-5-15-13/h10-14H,3-9H2,1-2H3/t10-,11-,13-/m0/s1. The molecule has 1 aliphatic carbocycles. The third kappa shape index (κ3) is 3.46. The molecule has 15 heavy (non-hydrogen) atoms. The smallest absolute Gasteiger partial charge is 0.0700 e. The van der Waals surface area contributed by atoms with Gasteiger partial charge in [-0.15, -0.1) is 0 Å². The summed E-state index contributed by atoms with van der Waals surface area (Å²) in [5, 5.41) is 3.70. The lowest BCUT2D eigenvalue weighted by Gasteiger charge is -2.32. The minimum absolute atomic E-state index is 0.498. The zero-order valence-electron chi connectivity index (χ0n) is 10.2. The largest absolute Gasteiger partial charge is 0.377 e. The van der Waals surface area contributed by atoms with Crippen LogP contribution < -0.4 is 5.32 Å². The van der Waals surface area contributed by atoms with E-state index in [1.54, 1.807) is 0 Å². The molecule has 3 atom stereocenters. The van der Waals surface area contributed by atoms with E-state index in [9.17, 15) is 0 Å². The average Bonchev–Trinajstić information content (AvgIpc) is 2.65. The van der Waals surface area contributed by atoms with Crippen molar-refractivity contribution in [3.05, 3.63) is 0 Å². The van der Waals surface area contributed by atoms with Crippen molar-refractivity contribution in [2.75, 3.05) is 13.2 Å². The number of rotatable bonds is 3. The minimum Gasteiger partial charge on any atom is -0.377 e. The van der Waals surface area contributed by atoms with Gasteiger partial charge in [0, 0.05) is 19.2 Å². The van der Waals surface area contributed by atoms with E-state index in [0.29, 0.717) is 6.10 Å². The molecule has 88 valence electrons. The summed E-state index contributed by atoms with van der Waals surface area (Å²) < 4.78 is 5.64. The van der Waals surface area contributed by atoms with Gasteiger partial charge in [-0.2, -0.15) is 0 Å². The van der Waals surface area contributed by atoms with Crippen molar-refractivity contribution in [1.82, 2.24) is 5.32 Å². The van der Waals surface area contributed by atoms with Crippen molar-refractivity contribution in [2.45, 2.75) is 58.1 Å². The van der Waals surface area contributed by atoms with Crippen molar-refractivity contribution in [1.29, 1.82) is 0 Å². The van der Waals surface area contributed by atoms with Gasteiger partial charge in [0.1, 0.15) is 0 Å². The Hall–Kier alpha value is -0.0800. The molecule has 0 bridgehead atoms. The van der Waals surface area contributed by atoms with Gasteiger partial charge in [0.15, 0.2) is 0 Å². The maximum atomic E-state index is 5.64. The minimum atomic E-state index is 0.498. The van der Waals surface area contributed by atoms with Crippen molar-refractivity contribution >= 4 is 0 Å². The van der Waals surface area contributed by atoms with Crippen LogP contribution in [0.5, 0.6) is 0 Å². The molecule has 2 rings (SSSR count). The maximum absolute atomic E-state index is 5.64. The molecule has 1 heterocycles. The predicted molar refractivity (Wildman–Crippen MR) is 62.9 cm³/mol. The van der Waals surface area contributed by atoms with Crippen LogP contribution >= 0.6 is 0 Å². The van der Waals surface area contributed by atoms with Gasteiger partial charge in [-0.3, -0.25) is 0 Å². The lowest BCUT2D eigenvalue weighted by Crippen LogP contribution is -2.40. The van der Waals surface area contributed by atoms with Crippen LogP contribution in [0.3, 0.4) is 0 Å². The Labute approximate surface area is 93.8 Å². The monoisotopic (exact) mass is 211 g/mol. The Kier molecular flexibility index (Phi) is 4.04. The van der Waals surface area contributed by atoms with Crippen LogP contribution in [0, 0.1) is 11.8 Å². The first-order valence-corrected chi connectivity index (χ1v) is 6.59. The SMILES string of the molecule is C[C@@H]1CC(NC[C@@H]2CCCO2)C[C@@H](C)C1. The summed E-state index contributed by atoms with van der Waals surface area (Å²) in [6, 6.07) is 0.743. The van der Waals surface area contributed by atoms with Gasteiger partial charge < -0.3 is 10.1 Å². The topological polar surface area (TPSA) is 21.3 Å². The highest BCUT2D eigenvalue weighted by molar-refractivity contribution is 4.81. The second-order valence-electron chi connectivity index (χ2n) is 5.66. The zero-order chi connectivity index (χ0) is 10.7. The van der Waals surface area contributed by atoms with E-state index in [4.69, 9.17) is 4.74 Å². The van der Waals surface area contributed by atoms with Crippen LogP contribution in [0.25, 0.3) is 0 Å². The van der Waals surface area contributed by atoms with Crippen LogP contribution in [0.4, 0.5) is 0 Å². The number of hydrogen-bond acceptors (Lipinski definition) is 2. The second-order valence-corrected chi connectivity index (χ2v) is 5.66. The van der Waals surface area contributed by atoms with Crippen LogP contribution in [0.15, 0.2) is 0 Å². The third-order valence-electron chi connectivity index (χ3n) is 3.84. The zero-order valence-corrected chi connectivity index (χ0v) is 10.2. The summed E-state index contributed by atoms with van der Waals surface area (Å²) >= 11 is 0. The Balaban J connectivity index is 1.69. The predicted octanol–water partition coefficient (Wildman–Crippen LogP) is 2.58. The fourth-order valence-electron chi connectivity index (χ4n) is 3.22. The first-order chi connectivity index (χ1) is 7.24. The quantitative estimate of drug-likeness (QED) is 0.774. The van der Waals surface area contributed by atoms with E-state index in [0.717, 1.165) is 31.0 Å². The van der Waals surface area contributed by atoms with Gasteiger partial charge >= 0.3 is 0 Å². The molecule has 2 heteroatoms. The average molecular weight is 211 g/mol. The van der Waals surface area contributed by atoms with E-state index in [1.807, 2.05) is 0 Å². The summed E-state index contributed by atoms with van der Waals surface area (Å²) in [5.74, 6) is 1.80. The van der Waals surface area contributed by atoms with Crippen molar-refractivity contribution in [3.8, 4) is 0 Å². The molecule has 2 nitrogen and oxygen atoms in total. The molecule has 1 N–H and O–H groups in total. The Morgan fingerprint density at radius 1 is 1.13 bits per heavy atom. The first-order valence-electron chi connectivity index (χ1n) is 6.59. The summed E-state index contributed by atoms with van der Waals surface area (Å²) in [4.78, 5) is 0. The van der Waals surface area contributed by atoms with Gasteiger partial charge in [-0.25, -0.2) is 0 Å². The van der Waals surface area contributed by atoms with Gasteiger partial charge in [0.2, 0.25) is 0 Å². The highest BCUT2D eigenvalue weighted by Gasteiger charge is 2.24. The highest BCUT2D eigenvalue weighted by atomic mass is 16.5. The summed E-state index contributed by atoms with van der Waals surface area (Å²) in [6.45, 7) is 6.82. The van der Waals surface area contributed by atoms with Crippen LogP contribution in [0.1, 0.15) is 46.0 Å². The molecule has 0 aromatic rings. The van der Waals surface area contributed by atoms with E-state index in [1.165, 1.54) is 32.1 Å². The molecule has 0 radical (unpaired) electrons. The molecule has 1 aliphatic heterocycles. The first kappa shape index (κ1) is 11.4. The van der Waals surface area contributed by atoms with Crippen LogP contribution in [-0.2, 0) is 4.74 Å². The van der Waals surface area contributed by atoms with Crippen molar-refractivity contribution < 1.29 is 4.74 Å². The van der Waals surface area contributed by atoms with Crippen LogP contribution in [0.2, 0.25) is 0 Å². The summed E-state index contributed by atoms with van der Waals surface area (Å²) in [6.07, 6.45) is 7.14. The number of hydrogen-bond donors (Lipinski definition) is 1. The van der Waals surface area contributed by atoms with E-state index < -0.39 is 0 Å². The second kappa shape index (κ2) is 5.31. The fourth-order valence-corrected chi connectivity index (χ4v) is 3.22. The fraction of sp³-hybridized carbons (Fsp3) is 1.00.